The van der Waals surface area contributed by atoms with E-state index in [1.165, 1.54) is 18.4 Å². The summed E-state index contributed by atoms with van der Waals surface area (Å²) < 4.78 is 10.0. The molecule has 2 rings (SSSR count). The van der Waals surface area contributed by atoms with Crippen molar-refractivity contribution < 1.29 is 20.5 Å². The van der Waals surface area contributed by atoms with Crippen molar-refractivity contribution in [3.8, 4) is 23.7 Å². The molecule has 0 unspecified atom stereocenters. The van der Waals surface area contributed by atoms with Gasteiger partial charge in [0.05, 0.1) is 37.2 Å². The van der Waals surface area contributed by atoms with Crippen LogP contribution < -0.4 is 0 Å². The Kier molecular flexibility index (Phi) is 6.87. The zero-order valence-corrected chi connectivity index (χ0v) is 14.6. The largest absolute Gasteiger partial charge is 0.465 e. The number of thiophene rings is 1. The van der Waals surface area contributed by atoms with Crippen LogP contribution in [-0.4, -0.2) is 50.2 Å². The predicted octanol–water partition coefficient (Wildman–Crippen LogP) is 2.14. The van der Waals surface area contributed by atoms with Crippen molar-refractivity contribution >= 4 is 23.2 Å². The van der Waals surface area contributed by atoms with Crippen LogP contribution in [0.15, 0.2) is 6.07 Å². The Morgan fingerprint density at radius 3 is 2.75 bits per heavy atom. The van der Waals surface area contributed by atoms with Gasteiger partial charge in [-0.05, 0) is 6.07 Å². The van der Waals surface area contributed by atoms with E-state index in [0.29, 0.717) is 36.7 Å². The Balaban J connectivity index is 0.00000312. The summed E-state index contributed by atoms with van der Waals surface area (Å²) in [7, 11) is 1.33. The molecule has 24 heavy (non-hydrogen) atoms. The molecule has 1 fully saturated rings. The van der Waals surface area contributed by atoms with E-state index in [2.05, 4.69) is 23.7 Å². The van der Waals surface area contributed by atoms with Crippen molar-refractivity contribution in [2.24, 2.45) is 0 Å². The Morgan fingerprint density at radius 2 is 2.08 bits per heavy atom. The molecule has 0 spiro atoms. The van der Waals surface area contributed by atoms with Gasteiger partial charge in [-0.3, -0.25) is 4.79 Å². The van der Waals surface area contributed by atoms with Gasteiger partial charge in [-0.25, -0.2) is 4.79 Å². The first-order valence-electron chi connectivity index (χ1n) is 7.71. The first kappa shape index (κ1) is 18.1. The number of hydrogen-bond donors (Lipinski definition) is 0. The molecule has 128 valence electrons. The van der Waals surface area contributed by atoms with Crippen LogP contribution in [0.4, 0.5) is 0 Å². The summed E-state index contributed by atoms with van der Waals surface area (Å²) in [6, 6.07) is 1.77. The highest BCUT2D eigenvalue weighted by atomic mass is 32.1. The molecule has 5 nitrogen and oxygen atoms in total. The van der Waals surface area contributed by atoms with E-state index >= 15 is 0 Å². The van der Waals surface area contributed by atoms with Gasteiger partial charge in [0.25, 0.3) is 0 Å². The minimum atomic E-state index is -0.437. The summed E-state index contributed by atoms with van der Waals surface area (Å²) in [6.45, 7) is 4.29. The summed E-state index contributed by atoms with van der Waals surface area (Å²) in [6.07, 6.45) is 0.854. The van der Waals surface area contributed by atoms with Crippen LogP contribution in [0.5, 0.6) is 0 Å². The van der Waals surface area contributed by atoms with Gasteiger partial charge >= 0.3 is 5.97 Å². The minimum absolute atomic E-state index is 0. The van der Waals surface area contributed by atoms with Crippen molar-refractivity contribution in [1.82, 2.24) is 4.90 Å². The molecular weight excluding hydrogens is 326 g/mol. The third kappa shape index (κ3) is 4.86. The van der Waals surface area contributed by atoms with Crippen molar-refractivity contribution in [3.63, 3.8) is 0 Å². The van der Waals surface area contributed by atoms with E-state index in [1.54, 1.807) is 11.0 Å². The molecule has 2 heterocycles. The highest BCUT2D eigenvalue weighted by Gasteiger charge is 2.17. The number of morpholine rings is 1. The smallest absolute Gasteiger partial charge is 0.349 e. The topological polar surface area (TPSA) is 55.8 Å². The monoisotopic (exact) mass is 347 g/mol. The van der Waals surface area contributed by atoms with E-state index in [1.807, 2.05) is 6.92 Å². The van der Waals surface area contributed by atoms with Gasteiger partial charge in [0, 0.05) is 20.9 Å². The van der Waals surface area contributed by atoms with Crippen molar-refractivity contribution in [2.75, 3.05) is 33.4 Å². The highest BCUT2D eigenvalue weighted by molar-refractivity contribution is 7.14. The lowest BCUT2D eigenvalue weighted by Gasteiger charge is -2.26. The molecule has 1 aliphatic rings. The Hall–Kier alpha value is -2.28. The van der Waals surface area contributed by atoms with E-state index in [4.69, 9.17) is 9.47 Å². The number of rotatable bonds is 2. The van der Waals surface area contributed by atoms with Gasteiger partial charge in [0.1, 0.15) is 4.88 Å². The maximum Gasteiger partial charge on any atom is 0.349 e. The van der Waals surface area contributed by atoms with E-state index < -0.39 is 5.97 Å². The summed E-state index contributed by atoms with van der Waals surface area (Å²) in [5.41, 5.74) is 0.557. The SMILES string of the molecule is CCC#Cc1cc(C#CCC(=O)N2CCOCC2)c(C(=O)OC)s1.[HH]. The number of amides is 1. The van der Waals surface area contributed by atoms with E-state index in [9.17, 15) is 9.59 Å². The molecule has 0 aromatic carbocycles. The van der Waals surface area contributed by atoms with Crippen LogP contribution in [0, 0.1) is 23.7 Å². The molecule has 0 bridgehead atoms. The summed E-state index contributed by atoms with van der Waals surface area (Å²) in [4.78, 5) is 26.8. The summed E-state index contributed by atoms with van der Waals surface area (Å²) >= 11 is 1.26. The maximum absolute atomic E-state index is 12.1. The van der Waals surface area contributed by atoms with E-state index in [-0.39, 0.29) is 13.8 Å². The molecule has 0 atom stereocenters. The predicted molar refractivity (Wildman–Crippen MR) is 93.8 cm³/mol. The van der Waals surface area contributed by atoms with Crippen LogP contribution in [0.2, 0.25) is 0 Å². The Morgan fingerprint density at radius 1 is 1.33 bits per heavy atom. The summed E-state index contributed by atoms with van der Waals surface area (Å²) in [5, 5.41) is 0. The third-order valence-corrected chi connectivity index (χ3v) is 4.35. The highest BCUT2D eigenvalue weighted by Crippen LogP contribution is 2.22. The fourth-order valence-corrected chi connectivity index (χ4v) is 3.01. The fraction of sp³-hybridized carbons (Fsp3) is 0.444. The van der Waals surface area contributed by atoms with Gasteiger partial charge in [0.15, 0.2) is 0 Å². The zero-order chi connectivity index (χ0) is 17.4. The molecule has 6 heteroatoms. The molecule has 1 aromatic rings. The van der Waals surface area contributed by atoms with Gasteiger partial charge in [-0.2, -0.15) is 0 Å². The molecule has 1 aromatic heterocycles. The molecule has 1 aliphatic heterocycles. The van der Waals surface area contributed by atoms with Gasteiger partial charge in [-0.15, -0.1) is 11.3 Å². The standard InChI is InChI=1S/C18H19NO4S.H2/c1-3-4-7-15-13-14(17(24-15)18(21)22-2)6-5-8-16(20)19-9-11-23-12-10-19;/h13H,3,8-12H2,1-2H3;1H. The second kappa shape index (κ2) is 9.12. The molecule has 0 N–H and O–H groups in total. The third-order valence-electron chi connectivity index (χ3n) is 3.32. The van der Waals surface area contributed by atoms with Crippen LogP contribution in [-0.2, 0) is 14.3 Å². The molecule has 0 radical (unpaired) electrons. The molecule has 0 aliphatic carbocycles. The lowest BCUT2D eigenvalue weighted by atomic mass is 10.2. The number of hydrogen-bond acceptors (Lipinski definition) is 5. The van der Waals surface area contributed by atoms with Gasteiger partial charge < -0.3 is 14.4 Å². The first-order chi connectivity index (χ1) is 11.7. The molecular formula is C18H21NO4S. The number of methoxy groups -OCH3 is 1. The number of nitrogens with zero attached hydrogens (tertiary/aromatic N) is 1. The number of carbonyl (C=O) groups is 2. The van der Waals surface area contributed by atoms with Crippen LogP contribution in [0.25, 0.3) is 0 Å². The normalized spacial score (nSPS) is 13.3. The average molecular weight is 347 g/mol. The average Bonchev–Trinajstić information content (AvgIpc) is 3.03. The van der Waals surface area contributed by atoms with E-state index in [0.717, 1.165) is 11.3 Å². The fourth-order valence-electron chi connectivity index (χ4n) is 2.10. The number of ether oxygens (including phenoxy) is 2. The first-order valence-corrected chi connectivity index (χ1v) is 8.52. The zero-order valence-electron chi connectivity index (χ0n) is 13.8. The Labute approximate surface area is 147 Å². The second-order valence-corrected chi connectivity index (χ2v) is 6.02. The second-order valence-electron chi connectivity index (χ2n) is 4.97. The molecule has 0 saturated carbocycles. The minimum Gasteiger partial charge on any atom is -0.465 e. The quantitative estimate of drug-likeness (QED) is 0.608. The van der Waals surface area contributed by atoms with Crippen molar-refractivity contribution in [1.29, 1.82) is 0 Å². The number of carbonyl (C=O) groups excluding carboxylic acids is 2. The van der Waals surface area contributed by atoms with Gasteiger partial charge in [-0.1, -0.05) is 30.6 Å². The van der Waals surface area contributed by atoms with Crippen LogP contribution >= 0.6 is 11.3 Å². The maximum atomic E-state index is 12.1. The molecule has 1 amide bonds. The van der Waals surface area contributed by atoms with Crippen LogP contribution in [0.3, 0.4) is 0 Å². The van der Waals surface area contributed by atoms with Crippen molar-refractivity contribution in [2.45, 2.75) is 19.8 Å². The van der Waals surface area contributed by atoms with Crippen molar-refractivity contribution in [3.05, 3.63) is 21.4 Å². The lowest BCUT2D eigenvalue weighted by Crippen LogP contribution is -2.40. The number of esters is 1. The summed E-state index contributed by atoms with van der Waals surface area (Å²) in [5.74, 6) is 11.3. The molecule has 1 saturated heterocycles. The van der Waals surface area contributed by atoms with Gasteiger partial charge in [0.2, 0.25) is 5.91 Å². The van der Waals surface area contributed by atoms with Crippen LogP contribution in [0.1, 0.15) is 41.3 Å². The Bertz CT molecular complexity index is 730. The lowest BCUT2D eigenvalue weighted by molar-refractivity contribution is -0.134.